The van der Waals surface area contributed by atoms with Gasteiger partial charge in [0.1, 0.15) is 5.75 Å². The SMILES string of the molecule is CC(C)CCCC(C)CCOc1cc(C(C)(C)C)ccc1C(C)(C)C. The molecule has 25 heavy (non-hydrogen) atoms. The van der Waals surface area contributed by atoms with Crippen molar-refractivity contribution in [2.24, 2.45) is 11.8 Å². The maximum absolute atomic E-state index is 6.30. The zero-order valence-electron chi connectivity index (χ0n) is 18.3. The minimum absolute atomic E-state index is 0.106. The highest BCUT2D eigenvalue weighted by molar-refractivity contribution is 5.43. The van der Waals surface area contributed by atoms with Gasteiger partial charge in [0.05, 0.1) is 6.61 Å². The normalized spacial score (nSPS) is 14.0. The molecule has 0 aliphatic rings. The van der Waals surface area contributed by atoms with Crippen LogP contribution in [0, 0.1) is 11.8 Å². The van der Waals surface area contributed by atoms with Gasteiger partial charge in [0, 0.05) is 0 Å². The molecule has 0 bridgehead atoms. The van der Waals surface area contributed by atoms with Crippen LogP contribution in [-0.2, 0) is 10.8 Å². The quantitative estimate of drug-likeness (QED) is 0.473. The van der Waals surface area contributed by atoms with Crippen molar-refractivity contribution in [2.45, 2.75) is 98.8 Å². The van der Waals surface area contributed by atoms with E-state index in [0.717, 1.165) is 30.6 Å². The lowest BCUT2D eigenvalue weighted by molar-refractivity contribution is 0.269. The van der Waals surface area contributed by atoms with E-state index in [1.807, 2.05) is 0 Å². The van der Waals surface area contributed by atoms with Crippen LogP contribution in [-0.4, -0.2) is 6.61 Å². The smallest absolute Gasteiger partial charge is 0.123 e. The van der Waals surface area contributed by atoms with Gasteiger partial charge in [-0.3, -0.25) is 0 Å². The predicted molar refractivity (Wildman–Crippen MR) is 112 cm³/mol. The van der Waals surface area contributed by atoms with Crippen molar-refractivity contribution in [2.75, 3.05) is 6.61 Å². The van der Waals surface area contributed by atoms with Crippen LogP contribution in [0.25, 0.3) is 0 Å². The van der Waals surface area contributed by atoms with Gasteiger partial charge in [-0.15, -0.1) is 0 Å². The molecule has 0 N–H and O–H groups in total. The molecule has 0 saturated heterocycles. The second-order valence-corrected chi connectivity index (χ2v) is 10.3. The average Bonchev–Trinajstić information content (AvgIpc) is 2.44. The lowest BCUT2D eigenvalue weighted by Gasteiger charge is -2.27. The van der Waals surface area contributed by atoms with Crippen LogP contribution < -0.4 is 4.74 Å². The second-order valence-electron chi connectivity index (χ2n) is 10.3. The van der Waals surface area contributed by atoms with Crippen LogP contribution >= 0.6 is 0 Å². The van der Waals surface area contributed by atoms with E-state index in [-0.39, 0.29) is 10.8 Å². The third-order valence-corrected chi connectivity index (χ3v) is 5.00. The molecule has 0 radical (unpaired) electrons. The van der Waals surface area contributed by atoms with E-state index in [4.69, 9.17) is 4.74 Å². The van der Waals surface area contributed by atoms with Crippen LogP contribution in [0.2, 0.25) is 0 Å². The maximum Gasteiger partial charge on any atom is 0.123 e. The van der Waals surface area contributed by atoms with Crippen molar-refractivity contribution in [1.82, 2.24) is 0 Å². The van der Waals surface area contributed by atoms with E-state index in [2.05, 4.69) is 80.5 Å². The van der Waals surface area contributed by atoms with Gasteiger partial charge >= 0.3 is 0 Å². The Kier molecular flexibility index (Phi) is 8.03. The summed E-state index contributed by atoms with van der Waals surface area (Å²) >= 11 is 0. The maximum atomic E-state index is 6.30. The van der Waals surface area contributed by atoms with Gasteiger partial charge in [0.2, 0.25) is 0 Å². The van der Waals surface area contributed by atoms with Crippen molar-refractivity contribution in [3.63, 3.8) is 0 Å². The van der Waals surface area contributed by atoms with Crippen molar-refractivity contribution in [1.29, 1.82) is 0 Å². The van der Waals surface area contributed by atoms with E-state index in [0.29, 0.717) is 0 Å². The highest BCUT2D eigenvalue weighted by Gasteiger charge is 2.22. The molecule has 144 valence electrons. The molecule has 1 aromatic carbocycles. The van der Waals surface area contributed by atoms with E-state index < -0.39 is 0 Å². The minimum atomic E-state index is 0.106. The van der Waals surface area contributed by atoms with Gasteiger partial charge in [0.15, 0.2) is 0 Å². The minimum Gasteiger partial charge on any atom is -0.493 e. The van der Waals surface area contributed by atoms with Crippen molar-refractivity contribution >= 4 is 0 Å². The Hall–Kier alpha value is -0.980. The molecule has 0 fully saturated rings. The molecular formula is C24H42O. The van der Waals surface area contributed by atoms with E-state index in [1.165, 1.54) is 30.4 Å². The summed E-state index contributed by atoms with van der Waals surface area (Å²) in [6, 6.07) is 6.80. The van der Waals surface area contributed by atoms with Crippen LogP contribution in [0.4, 0.5) is 0 Å². The molecule has 0 heterocycles. The fraction of sp³-hybridized carbons (Fsp3) is 0.750. The lowest BCUT2D eigenvalue weighted by Crippen LogP contribution is -2.17. The van der Waals surface area contributed by atoms with Crippen LogP contribution in [0.15, 0.2) is 18.2 Å². The third-order valence-electron chi connectivity index (χ3n) is 5.00. The van der Waals surface area contributed by atoms with Crippen LogP contribution in [0.5, 0.6) is 5.75 Å². The van der Waals surface area contributed by atoms with Crippen molar-refractivity contribution in [3.8, 4) is 5.75 Å². The largest absolute Gasteiger partial charge is 0.493 e. The summed E-state index contributed by atoms with van der Waals surface area (Å²) in [4.78, 5) is 0. The van der Waals surface area contributed by atoms with E-state index in [1.54, 1.807) is 0 Å². The Bertz CT molecular complexity index is 514. The first-order valence-corrected chi connectivity index (χ1v) is 10.2. The van der Waals surface area contributed by atoms with Gasteiger partial charge in [0.25, 0.3) is 0 Å². The molecule has 1 heteroatoms. The third kappa shape index (κ3) is 7.84. The highest BCUT2D eigenvalue weighted by atomic mass is 16.5. The van der Waals surface area contributed by atoms with Gasteiger partial charge in [-0.25, -0.2) is 0 Å². The summed E-state index contributed by atoms with van der Waals surface area (Å²) in [5.74, 6) is 2.63. The molecule has 1 rings (SSSR count). The molecule has 0 saturated carbocycles. The summed E-state index contributed by atoms with van der Waals surface area (Å²) in [5, 5.41) is 0. The van der Waals surface area contributed by atoms with Crippen LogP contribution in [0.1, 0.15) is 99.1 Å². The van der Waals surface area contributed by atoms with Gasteiger partial charge in [-0.1, -0.05) is 93.7 Å². The van der Waals surface area contributed by atoms with Gasteiger partial charge < -0.3 is 4.74 Å². The topological polar surface area (TPSA) is 9.23 Å². The lowest BCUT2D eigenvalue weighted by atomic mass is 9.81. The fourth-order valence-corrected chi connectivity index (χ4v) is 3.12. The zero-order valence-corrected chi connectivity index (χ0v) is 18.3. The molecular weight excluding hydrogens is 304 g/mol. The molecule has 1 atom stereocenters. The van der Waals surface area contributed by atoms with Gasteiger partial charge in [-0.05, 0) is 46.3 Å². The molecule has 1 aromatic rings. The van der Waals surface area contributed by atoms with Crippen molar-refractivity contribution < 1.29 is 4.74 Å². The van der Waals surface area contributed by atoms with Crippen LogP contribution in [0.3, 0.4) is 0 Å². The molecule has 1 nitrogen and oxygen atoms in total. The predicted octanol–water partition coefficient (Wildman–Crippen LogP) is 7.51. The molecule has 0 amide bonds. The van der Waals surface area contributed by atoms with Crippen molar-refractivity contribution in [3.05, 3.63) is 29.3 Å². The summed E-state index contributed by atoms with van der Waals surface area (Å²) in [7, 11) is 0. The zero-order chi connectivity index (χ0) is 19.3. The Labute approximate surface area is 157 Å². The molecule has 0 spiro atoms. The first-order valence-electron chi connectivity index (χ1n) is 10.2. The first kappa shape index (κ1) is 22.1. The number of ether oxygens (including phenoxy) is 1. The molecule has 1 unspecified atom stereocenters. The first-order chi connectivity index (χ1) is 11.4. The number of hydrogen-bond donors (Lipinski definition) is 0. The number of hydrogen-bond acceptors (Lipinski definition) is 1. The molecule has 0 aliphatic carbocycles. The monoisotopic (exact) mass is 346 g/mol. The summed E-state index contributed by atoms with van der Waals surface area (Å²) in [5.41, 5.74) is 2.92. The number of benzene rings is 1. The molecule has 0 aliphatic heterocycles. The standard InChI is InChI=1S/C24H42O/c1-18(2)11-10-12-19(3)15-16-25-22-17-20(23(4,5)6)13-14-21(22)24(7,8)9/h13-14,17-19H,10-12,15-16H2,1-9H3. The van der Waals surface area contributed by atoms with E-state index >= 15 is 0 Å². The van der Waals surface area contributed by atoms with Gasteiger partial charge in [-0.2, -0.15) is 0 Å². The van der Waals surface area contributed by atoms with E-state index in [9.17, 15) is 0 Å². The second kappa shape index (κ2) is 9.10. The average molecular weight is 347 g/mol. The fourth-order valence-electron chi connectivity index (χ4n) is 3.12. The summed E-state index contributed by atoms with van der Waals surface area (Å²) in [6.07, 6.45) is 5.13. The molecule has 0 aromatic heterocycles. The summed E-state index contributed by atoms with van der Waals surface area (Å²) < 4.78 is 6.30. The Morgan fingerprint density at radius 2 is 1.48 bits per heavy atom. The Morgan fingerprint density at radius 1 is 0.840 bits per heavy atom. The summed E-state index contributed by atoms with van der Waals surface area (Å²) in [6.45, 7) is 21.4. The number of rotatable bonds is 8. The Balaban J connectivity index is 2.72. The Morgan fingerprint density at radius 3 is 2.00 bits per heavy atom. The highest BCUT2D eigenvalue weighted by Crippen LogP contribution is 2.35.